The quantitative estimate of drug-likeness (QED) is 0.442. The molecule has 3 heterocycles. The first-order valence-electron chi connectivity index (χ1n) is 6.17. The van der Waals surface area contributed by atoms with Crippen molar-refractivity contribution < 1.29 is 4.42 Å². The maximum absolute atomic E-state index is 5.69. The maximum atomic E-state index is 5.69. The van der Waals surface area contributed by atoms with Crippen molar-refractivity contribution >= 4 is 34.3 Å². The summed E-state index contributed by atoms with van der Waals surface area (Å²) in [5.41, 5.74) is 4.82. The van der Waals surface area contributed by atoms with Crippen LogP contribution in [0, 0.1) is 0 Å². The number of imidazole rings is 1. The molecule has 0 amide bonds. The molecular formula is C13H10N6OS. The number of oxazole rings is 1. The first-order valence-corrected chi connectivity index (χ1v) is 6.99. The van der Waals surface area contributed by atoms with Crippen molar-refractivity contribution in [1.29, 1.82) is 0 Å². The van der Waals surface area contributed by atoms with Crippen LogP contribution in [0.4, 0.5) is 5.82 Å². The molecule has 0 atom stereocenters. The summed E-state index contributed by atoms with van der Waals surface area (Å²) in [6.07, 6.45) is 5.29. The van der Waals surface area contributed by atoms with Crippen LogP contribution < -0.4 is 11.3 Å². The minimum Gasteiger partial charge on any atom is -0.431 e. The lowest BCUT2D eigenvalue weighted by molar-refractivity contribution is 0.489. The van der Waals surface area contributed by atoms with Crippen molar-refractivity contribution in [2.45, 2.75) is 10.2 Å². The minimum atomic E-state index is 0.516. The van der Waals surface area contributed by atoms with Gasteiger partial charge in [-0.25, -0.2) is 20.8 Å². The van der Waals surface area contributed by atoms with E-state index in [-0.39, 0.29) is 0 Å². The molecule has 0 spiro atoms. The van der Waals surface area contributed by atoms with Crippen molar-refractivity contribution in [3.63, 3.8) is 0 Å². The Labute approximate surface area is 123 Å². The number of anilines is 1. The molecule has 4 rings (SSSR count). The minimum absolute atomic E-state index is 0.516. The van der Waals surface area contributed by atoms with Crippen LogP contribution in [0.5, 0.6) is 0 Å². The van der Waals surface area contributed by atoms with E-state index in [0.29, 0.717) is 16.1 Å². The van der Waals surface area contributed by atoms with Gasteiger partial charge in [0, 0.05) is 12.4 Å². The highest BCUT2D eigenvalue weighted by Crippen LogP contribution is 2.31. The molecule has 0 fully saturated rings. The molecular weight excluding hydrogens is 288 g/mol. The molecule has 7 nitrogen and oxygen atoms in total. The van der Waals surface area contributed by atoms with Gasteiger partial charge in [0.15, 0.2) is 22.1 Å². The Bertz CT molecular complexity index is 898. The van der Waals surface area contributed by atoms with E-state index in [1.54, 1.807) is 12.4 Å². The molecule has 0 saturated carbocycles. The number of nitrogen functional groups attached to an aromatic ring is 1. The number of para-hydroxylation sites is 2. The van der Waals surface area contributed by atoms with Crippen LogP contribution >= 0.6 is 11.8 Å². The normalized spacial score (nSPS) is 11.3. The fourth-order valence-electron chi connectivity index (χ4n) is 2.02. The van der Waals surface area contributed by atoms with Crippen molar-refractivity contribution in [2.75, 3.05) is 5.43 Å². The summed E-state index contributed by atoms with van der Waals surface area (Å²) in [5.74, 6) is 5.98. The van der Waals surface area contributed by atoms with Crippen LogP contribution in [0.2, 0.25) is 0 Å². The van der Waals surface area contributed by atoms with Gasteiger partial charge in [-0.2, -0.15) is 0 Å². The van der Waals surface area contributed by atoms with E-state index < -0.39 is 0 Å². The van der Waals surface area contributed by atoms with E-state index in [1.807, 2.05) is 34.9 Å². The number of hydrogen-bond donors (Lipinski definition) is 2. The molecule has 21 heavy (non-hydrogen) atoms. The molecule has 0 radical (unpaired) electrons. The molecule has 3 N–H and O–H groups in total. The largest absolute Gasteiger partial charge is 0.431 e. The van der Waals surface area contributed by atoms with E-state index in [2.05, 4.69) is 20.4 Å². The summed E-state index contributed by atoms with van der Waals surface area (Å²) in [4.78, 5) is 13.1. The van der Waals surface area contributed by atoms with Crippen LogP contribution in [0.25, 0.3) is 16.7 Å². The summed E-state index contributed by atoms with van der Waals surface area (Å²) in [6.45, 7) is 0. The first-order chi connectivity index (χ1) is 10.3. The van der Waals surface area contributed by atoms with Gasteiger partial charge in [-0.1, -0.05) is 12.1 Å². The Morgan fingerprint density at radius 3 is 3.00 bits per heavy atom. The van der Waals surface area contributed by atoms with Crippen LogP contribution in [0.15, 0.2) is 57.5 Å². The lowest BCUT2D eigenvalue weighted by atomic mass is 10.3. The van der Waals surface area contributed by atoms with Gasteiger partial charge in [-0.05, 0) is 23.9 Å². The predicted octanol–water partition coefficient (Wildman–Crippen LogP) is 2.31. The van der Waals surface area contributed by atoms with Gasteiger partial charge < -0.3 is 14.2 Å². The predicted molar refractivity (Wildman–Crippen MR) is 78.9 cm³/mol. The maximum Gasteiger partial charge on any atom is 0.263 e. The Hall–Kier alpha value is -2.58. The summed E-state index contributed by atoms with van der Waals surface area (Å²) in [6, 6.07) is 7.61. The zero-order chi connectivity index (χ0) is 14.2. The molecule has 4 aromatic rings. The lowest BCUT2D eigenvalue weighted by Gasteiger charge is -2.04. The smallest absolute Gasteiger partial charge is 0.263 e. The average Bonchev–Trinajstić information content (AvgIpc) is 3.12. The van der Waals surface area contributed by atoms with Gasteiger partial charge in [0.05, 0.1) is 6.20 Å². The highest BCUT2D eigenvalue weighted by Gasteiger charge is 2.13. The second kappa shape index (κ2) is 4.76. The number of nitrogens with two attached hydrogens (primary N) is 1. The topological polar surface area (TPSA) is 94.3 Å². The summed E-state index contributed by atoms with van der Waals surface area (Å²) < 4.78 is 7.53. The number of nitrogens with one attached hydrogen (secondary N) is 1. The van der Waals surface area contributed by atoms with Gasteiger partial charge in [0.1, 0.15) is 5.52 Å². The molecule has 8 heteroatoms. The summed E-state index contributed by atoms with van der Waals surface area (Å²) in [5, 5.41) is 1.18. The molecule has 0 aliphatic rings. The van der Waals surface area contributed by atoms with Gasteiger partial charge in [-0.3, -0.25) is 0 Å². The number of hydrogen-bond acceptors (Lipinski definition) is 7. The molecule has 1 aromatic carbocycles. The highest BCUT2D eigenvalue weighted by molar-refractivity contribution is 7.99. The highest BCUT2D eigenvalue weighted by atomic mass is 32.2. The Balaban J connectivity index is 1.80. The molecule has 0 saturated heterocycles. The van der Waals surface area contributed by atoms with Gasteiger partial charge in [0.2, 0.25) is 0 Å². The second-order valence-corrected chi connectivity index (χ2v) is 5.22. The second-order valence-electron chi connectivity index (χ2n) is 4.28. The zero-order valence-corrected chi connectivity index (χ0v) is 11.5. The van der Waals surface area contributed by atoms with Crippen molar-refractivity contribution in [2.24, 2.45) is 5.84 Å². The number of aromatic nitrogens is 4. The number of fused-ring (bicyclic) bond motifs is 2. The Morgan fingerprint density at radius 2 is 2.14 bits per heavy atom. The van der Waals surface area contributed by atoms with Gasteiger partial charge in [0.25, 0.3) is 5.22 Å². The third kappa shape index (κ3) is 2.10. The zero-order valence-electron chi connectivity index (χ0n) is 10.7. The summed E-state index contributed by atoms with van der Waals surface area (Å²) in [7, 11) is 0. The fraction of sp³-hybridized carbons (Fsp3) is 0. The first kappa shape index (κ1) is 12.2. The SMILES string of the molecule is NNc1cn2ccnc2c(Sc2nc3ccccc3o2)n1. The average molecular weight is 298 g/mol. The number of hydrazine groups is 1. The van der Waals surface area contributed by atoms with Crippen LogP contribution in [-0.2, 0) is 0 Å². The van der Waals surface area contributed by atoms with Gasteiger partial charge >= 0.3 is 0 Å². The van der Waals surface area contributed by atoms with Crippen LogP contribution in [-0.4, -0.2) is 19.4 Å². The molecule has 104 valence electrons. The third-order valence-electron chi connectivity index (χ3n) is 2.95. The van der Waals surface area contributed by atoms with Crippen molar-refractivity contribution in [1.82, 2.24) is 19.4 Å². The molecule has 3 aromatic heterocycles. The van der Waals surface area contributed by atoms with Crippen molar-refractivity contribution in [3.8, 4) is 0 Å². The monoisotopic (exact) mass is 298 g/mol. The van der Waals surface area contributed by atoms with Crippen LogP contribution in [0.1, 0.15) is 0 Å². The fourth-order valence-corrected chi connectivity index (χ4v) is 2.85. The molecule has 0 aliphatic carbocycles. The number of benzene rings is 1. The van der Waals surface area contributed by atoms with Gasteiger partial charge in [-0.15, -0.1) is 0 Å². The molecule has 0 bridgehead atoms. The third-order valence-corrected chi connectivity index (χ3v) is 3.77. The summed E-state index contributed by atoms with van der Waals surface area (Å²) >= 11 is 1.31. The lowest BCUT2D eigenvalue weighted by Crippen LogP contribution is -2.10. The van der Waals surface area contributed by atoms with E-state index >= 15 is 0 Å². The Morgan fingerprint density at radius 1 is 1.24 bits per heavy atom. The standard InChI is InChI=1S/C13H10N6OS/c14-18-10-7-19-6-5-15-11(19)12(17-10)21-13-16-8-3-1-2-4-9(8)20-13/h1-7,18H,14H2. The van der Waals surface area contributed by atoms with E-state index in [9.17, 15) is 0 Å². The molecule has 0 unspecified atom stereocenters. The van der Waals surface area contributed by atoms with E-state index in [4.69, 9.17) is 10.3 Å². The van der Waals surface area contributed by atoms with Crippen LogP contribution in [0.3, 0.4) is 0 Å². The molecule has 0 aliphatic heterocycles. The number of nitrogens with zero attached hydrogens (tertiary/aromatic N) is 4. The Kier molecular flexibility index (Phi) is 2.76. The van der Waals surface area contributed by atoms with Crippen molar-refractivity contribution in [3.05, 3.63) is 42.9 Å². The van der Waals surface area contributed by atoms with E-state index in [1.165, 1.54) is 11.8 Å². The van der Waals surface area contributed by atoms with E-state index in [0.717, 1.165) is 16.7 Å². The number of rotatable bonds is 3.